The topological polar surface area (TPSA) is 42.4 Å². The van der Waals surface area contributed by atoms with E-state index >= 15 is 0 Å². The van der Waals surface area contributed by atoms with E-state index in [2.05, 4.69) is 4.98 Å². The molecule has 0 radical (unpaired) electrons. The van der Waals surface area contributed by atoms with E-state index in [4.69, 9.17) is 4.74 Å². The van der Waals surface area contributed by atoms with Gasteiger partial charge in [-0.1, -0.05) is 13.0 Å². The van der Waals surface area contributed by atoms with Gasteiger partial charge in [0.25, 0.3) is 0 Å². The van der Waals surface area contributed by atoms with Crippen LogP contribution in [0.15, 0.2) is 30.6 Å². The number of hydrogen-bond acceptors (Lipinski definition) is 3. The highest BCUT2D eigenvalue weighted by Gasteiger charge is 2.21. The van der Waals surface area contributed by atoms with E-state index in [1.165, 1.54) is 18.5 Å². The monoisotopic (exact) mass is 297 g/mol. The van der Waals surface area contributed by atoms with Crippen molar-refractivity contribution in [3.8, 4) is 5.75 Å². The van der Waals surface area contributed by atoms with Gasteiger partial charge >= 0.3 is 0 Å². The van der Waals surface area contributed by atoms with Crippen molar-refractivity contribution >= 4 is 0 Å². The van der Waals surface area contributed by atoms with Crippen molar-refractivity contribution in [2.75, 3.05) is 6.61 Å². The maximum absolute atomic E-state index is 13.7. The molecule has 0 amide bonds. The lowest BCUT2D eigenvalue weighted by Crippen LogP contribution is -2.06. The molecule has 3 nitrogen and oxygen atoms in total. The van der Waals surface area contributed by atoms with Crippen LogP contribution in [0.1, 0.15) is 30.6 Å². The third-order valence-corrected chi connectivity index (χ3v) is 2.88. The Balaban J connectivity index is 2.31. The molecule has 0 spiro atoms. The molecule has 21 heavy (non-hydrogen) atoms. The van der Waals surface area contributed by atoms with Crippen molar-refractivity contribution in [3.63, 3.8) is 0 Å². The van der Waals surface area contributed by atoms with Gasteiger partial charge in [-0.15, -0.1) is 0 Å². The first kappa shape index (κ1) is 15.3. The fourth-order valence-electron chi connectivity index (χ4n) is 1.82. The quantitative estimate of drug-likeness (QED) is 0.860. The van der Waals surface area contributed by atoms with Gasteiger partial charge in [0, 0.05) is 17.3 Å². The summed E-state index contributed by atoms with van der Waals surface area (Å²) >= 11 is 0. The Hall–Kier alpha value is -2.08. The number of hydrogen-bond donors (Lipinski definition) is 1. The number of benzene rings is 1. The minimum Gasteiger partial charge on any atom is -0.492 e. The molecule has 0 aliphatic rings. The summed E-state index contributed by atoms with van der Waals surface area (Å²) in [6, 6.07) is 3.24. The number of aliphatic hydroxyl groups excluding tert-OH is 1. The Kier molecular flexibility index (Phi) is 4.80. The van der Waals surface area contributed by atoms with Crippen LogP contribution in [0.4, 0.5) is 13.2 Å². The van der Waals surface area contributed by atoms with E-state index in [-0.39, 0.29) is 11.1 Å². The lowest BCUT2D eigenvalue weighted by molar-refractivity contribution is 0.211. The van der Waals surface area contributed by atoms with E-state index < -0.39 is 23.6 Å². The number of aromatic nitrogens is 1. The summed E-state index contributed by atoms with van der Waals surface area (Å²) in [5.74, 6) is -3.92. The average molecular weight is 297 g/mol. The van der Waals surface area contributed by atoms with Gasteiger partial charge in [-0.2, -0.15) is 0 Å². The maximum Gasteiger partial charge on any atom is 0.194 e. The van der Waals surface area contributed by atoms with Crippen molar-refractivity contribution in [3.05, 3.63) is 59.2 Å². The molecule has 1 aromatic heterocycles. The van der Waals surface area contributed by atoms with Crippen LogP contribution in [-0.2, 0) is 0 Å². The molecule has 0 saturated carbocycles. The summed E-state index contributed by atoms with van der Waals surface area (Å²) in [6.45, 7) is 2.41. The van der Waals surface area contributed by atoms with Crippen molar-refractivity contribution in [2.24, 2.45) is 0 Å². The highest BCUT2D eigenvalue weighted by Crippen LogP contribution is 2.28. The van der Waals surface area contributed by atoms with E-state index in [1.54, 1.807) is 0 Å². The largest absolute Gasteiger partial charge is 0.492 e. The fraction of sp³-hybridized carbons (Fsp3) is 0.267. The molecule has 0 saturated heterocycles. The van der Waals surface area contributed by atoms with Crippen molar-refractivity contribution in [1.29, 1.82) is 0 Å². The second-order valence-corrected chi connectivity index (χ2v) is 4.47. The molecule has 0 aliphatic heterocycles. The molecule has 0 aliphatic carbocycles. The van der Waals surface area contributed by atoms with Gasteiger partial charge in [0.1, 0.15) is 11.9 Å². The molecule has 1 atom stereocenters. The molecule has 1 heterocycles. The molecule has 0 fully saturated rings. The molecule has 1 unspecified atom stereocenters. The van der Waals surface area contributed by atoms with Crippen LogP contribution in [0.25, 0.3) is 0 Å². The number of halogens is 3. The van der Waals surface area contributed by atoms with Crippen LogP contribution in [0.3, 0.4) is 0 Å². The normalized spacial score (nSPS) is 12.2. The van der Waals surface area contributed by atoms with Gasteiger partial charge in [0.2, 0.25) is 0 Å². The van der Waals surface area contributed by atoms with Gasteiger partial charge in [-0.05, 0) is 18.6 Å². The lowest BCUT2D eigenvalue weighted by atomic mass is 10.0. The van der Waals surface area contributed by atoms with Crippen LogP contribution in [0, 0.1) is 17.5 Å². The zero-order chi connectivity index (χ0) is 15.4. The second kappa shape index (κ2) is 6.58. The lowest BCUT2D eigenvalue weighted by Gasteiger charge is -2.14. The number of pyridine rings is 1. The summed E-state index contributed by atoms with van der Waals surface area (Å²) in [7, 11) is 0. The minimum atomic E-state index is -1.61. The first-order chi connectivity index (χ1) is 10.0. The van der Waals surface area contributed by atoms with Crippen LogP contribution >= 0.6 is 0 Å². The first-order valence-electron chi connectivity index (χ1n) is 6.43. The highest BCUT2D eigenvalue weighted by atomic mass is 19.2. The van der Waals surface area contributed by atoms with Gasteiger partial charge < -0.3 is 9.84 Å². The predicted octanol–water partition coefficient (Wildman–Crippen LogP) is 3.37. The number of aliphatic hydroxyl groups is 1. The Morgan fingerprint density at radius 3 is 2.67 bits per heavy atom. The molecular weight excluding hydrogens is 283 g/mol. The summed E-state index contributed by atoms with van der Waals surface area (Å²) in [5.41, 5.74) is -0.128. The molecule has 6 heteroatoms. The van der Waals surface area contributed by atoms with Gasteiger partial charge in [0.05, 0.1) is 12.8 Å². The van der Waals surface area contributed by atoms with Crippen molar-refractivity contribution < 1.29 is 23.0 Å². The smallest absolute Gasteiger partial charge is 0.194 e. The standard InChI is InChI=1S/C15H14F3NO2/c1-2-5-21-10-6-9(7-19-8-10)15(20)11-3-4-12(16)14(18)13(11)17/h3-4,6-8,15,20H,2,5H2,1H3. The van der Waals surface area contributed by atoms with Gasteiger partial charge in [-0.3, -0.25) is 4.98 Å². The molecule has 1 N–H and O–H groups in total. The Morgan fingerprint density at radius 2 is 1.95 bits per heavy atom. The van der Waals surface area contributed by atoms with Crippen LogP contribution < -0.4 is 4.74 Å². The molecule has 1 aromatic carbocycles. The zero-order valence-corrected chi connectivity index (χ0v) is 11.3. The molecule has 2 aromatic rings. The van der Waals surface area contributed by atoms with Crippen LogP contribution in [0.5, 0.6) is 5.75 Å². The van der Waals surface area contributed by atoms with Crippen LogP contribution in [0.2, 0.25) is 0 Å². The van der Waals surface area contributed by atoms with Crippen molar-refractivity contribution in [2.45, 2.75) is 19.4 Å². The van der Waals surface area contributed by atoms with E-state index in [0.29, 0.717) is 12.4 Å². The minimum absolute atomic E-state index is 0.230. The predicted molar refractivity (Wildman–Crippen MR) is 70.4 cm³/mol. The Bertz CT molecular complexity index is 634. The number of nitrogens with zero attached hydrogens (tertiary/aromatic N) is 1. The van der Waals surface area contributed by atoms with Gasteiger partial charge in [-0.25, -0.2) is 13.2 Å². The third-order valence-electron chi connectivity index (χ3n) is 2.88. The summed E-state index contributed by atoms with van der Waals surface area (Å²) in [5, 5.41) is 10.1. The highest BCUT2D eigenvalue weighted by molar-refractivity contribution is 5.33. The Labute approximate surface area is 120 Å². The summed E-state index contributed by atoms with van der Waals surface area (Å²) in [4.78, 5) is 3.88. The van der Waals surface area contributed by atoms with Crippen molar-refractivity contribution in [1.82, 2.24) is 4.98 Å². The molecule has 0 bridgehead atoms. The molecular formula is C15H14F3NO2. The van der Waals surface area contributed by atoms with Crippen LogP contribution in [-0.4, -0.2) is 16.7 Å². The molecule has 112 valence electrons. The Morgan fingerprint density at radius 1 is 1.19 bits per heavy atom. The number of rotatable bonds is 5. The summed E-state index contributed by atoms with van der Waals surface area (Å²) < 4.78 is 45.1. The van der Waals surface area contributed by atoms with Gasteiger partial charge in [0.15, 0.2) is 17.5 Å². The first-order valence-corrected chi connectivity index (χ1v) is 6.43. The number of ether oxygens (including phenoxy) is 1. The van der Waals surface area contributed by atoms with E-state index in [1.807, 2.05) is 6.92 Å². The van der Waals surface area contributed by atoms with E-state index in [9.17, 15) is 18.3 Å². The van der Waals surface area contributed by atoms with E-state index in [0.717, 1.165) is 18.6 Å². The fourth-order valence-corrected chi connectivity index (χ4v) is 1.82. The second-order valence-electron chi connectivity index (χ2n) is 4.47. The average Bonchev–Trinajstić information content (AvgIpc) is 2.50. The summed E-state index contributed by atoms with van der Waals surface area (Å²) in [6.07, 6.45) is 2.10. The maximum atomic E-state index is 13.7. The zero-order valence-electron chi connectivity index (χ0n) is 11.3. The SMILES string of the molecule is CCCOc1cncc(C(O)c2ccc(F)c(F)c2F)c1. The molecule has 2 rings (SSSR count). The third kappa shape index (κ3) is 3.33.